The third-order valence-electron chi connectivity index (χ3n) is 4.01. The van der Waals surface area contributed by atoms with Gasteiger partial charge in [0, 0.05) is 21.0 Å². The SMILES string of the molecule is O=c1c2c(-c3ccc(Cl)cc3)csc2ncn1Cc1ccccc1Cl. The highest BCUT2D eigenvalue weighted by Crippen LogP contribution is 2.31. The van der Waals surface area contributed by atoms with Crippen LogP contribution in [0.25, 0.3) is 21.3 Å². The smallest absolute Gasteiger partial charge is 0.263 e. The molecule has 2 aromatic carbocycles. The van der Waals surface area contributed by atoms with Crippen molar-refractivity contribution in [1.29, 1.82) is 0 Å². The van der Waals surface area contributed by atoms with Crippen LogP contribution in [0, 0.1) is 0 Å². The number of nitrogens with zero attached hydrogens (tertiary/aromatic N) is 2. The van der Waals surface area contributed by atoms with Crippen LogP contribution in [0.2, 0.25) is 10.0 Å². The second kappa shape index (κ2) is 6.64. The molecule has 0 saturated heterocycles. The summed E-state index contributed by atoms with van der Waals surface area (Å²) in [6, 6.07) is 15.0. The summed E-state index contributed by atoms with van der Waals surface area (Å²) in [6.07, 6.45) is 1.58. The van der Waals surface area contributed by atoms with Gasteiger partial charge in [-0.25, -0.2) is 4.98 Å². The third kappa shape index (κ3) is 3.09. The van der Waals surface area contributed by atoms with Crippen LogP contribution in [0.5, 0.6) is 0 Å². The second-order valence-electron chi connectivity index (χ2n) is 5.61. The van der Waals surface area contributed by atoms with Gasteiger partial charge in [0.15, 0.2) is 0 Å². The van der Waals surface area contributed by atoms with Crippen molar-refractivity contribution < 1.29 is 0 Å². The molecule has 0 amide bonds. The maximum atomic E-state index is 13.0. The van der Waals surface area contributed by atoms with Gasteiger partial charge in [-0.2, -0.15) is 0 Å². The van der Waals surface area contributed by atoms with Gasteiger partial charge < -0.3 is 0 Å². The van der Waals surface area contributed by atoms with Gasteiger partial charge in [0.25, 0.3) is 5.56 Å². The van der Waals surface area contributed by atoms with E-state index in [-0.39, 0.29) is 5.56 Å². The van der Waals surface area contributed by atoms with Crippen LogP contribution in [-0.2, 0) is 6.54 Å². The van der Waals surface area contributed by atoms with E-state index in [2.05, 4.69) is 4.98 Å². The molecular formula is C19H12Cl2N2OS. The molecule has 0 aliphatic rings. The summed E-state index contributed by atoms with van der Waals surface area (Å²) < 4.78 is 1.59. The summed E-state index contributed by atoms with van der Waals surface area (Å²) in [6.45, 7) is 0.386. The highest BCUT2D eigenvalue weighted by molar-refractivity contribution is 7.17. The number of hydrogen-bond acceptors (Lipinski definition) is 3. The Kier molecular flexibility index (Phi) is 4.34. The van der Waals surface area contributed by atoms with Crippen molar-refractivity contribution in [3.8, 4) is 11.1 Å². The average Bonchev–Trinajstić information content (AvgIpc) is 3.05. The fourth-order valence-corrected chi connectivity index (χ4v) is 3.96. The normalized spacial score (nSPS) is 11.1. The lowest BCUT2D eigenvalue weighted by atomic mass is 10.1. The Morgan fingerprint density at radius 1 is 1.04 bits per heavy atom. The molecule has 4 rings (SSSR count). The van der Waals surface area contributed by atoms with Crippen molar-refractivity contribution in [1.82, 2.24) is 9.55 Å². The molecule has 25 heavy (non-hydrogen) atoms. The van der Waals surface area contributed by atoms with Crippen molar-refractivity contribution in [2.75, 3.05) is 0 Å². The first-order chi connectivity index (χ1) is 12.1. The molecule has 0 radical (unpaired) electrons. The molecule has 124 valence electrons. The van der Waals surface area contributed by atoms with Crippen LogP contribution in [-0.4, -0.2) is 9.55 Å². The minimum atomic E-state index is -0.0730. The van der Waals surface area contributed by atoms with E-state index in [1.54, 1.807) is 10.9 Å². The molecule has 0 saturated carbocycles. The zero-order chi connectivity index (χ0) is 17.4. The van der Waals surface area contributed by atoms with Crippen LogP contribution in [0.4, 0.5) is 0 Å². The van der Waals surface area contributed by atoms with E-state index >= 15 is 0 Å². The van der Waals surface area contributed by atoms with E-state index in [1.807, 2.05) is 53.9 Å². The van der Waals surface area contributed by atoms with Crippen LogP contribution in [0.3, 0.4) is 0 Å². The largest absolute Gasteiger partial charge is 0.294 e. The van der Waals surface area contributed by atoms with Crippen LogP contribution < -0.4 is 5.56 Å². The first-order valence-corrected chi connectivity index (χ1v) is 9.23. The molecule has 3 nitrogen and oxygen atoms in total. The van der Waals surface area contributed by atoms with Gasteiger partial charge in [-0.1, -0.05) is 53.5 Å². The molecule has 0 atom stereocenters. The van der Waals surface area contributed by atoms with Crippen LogP contribution in [0.1, 0.15) is 5.56 Å². The lowest BCUT2D eigenvalue weighted by Crippen LogP contribution is -2.21. The predicted octanol–water partition coefficient (Wildman–Crippen LogP) is 5.48. The molecule has 0 spiro atoms. The Morgan fingerprint density at radius 3 is 2.56 bits per heavy atom. The number of halogens is 2. The predicted molar refractivity (Wildman–Crippen MR) is 105 cm³/mol. The highest BCUT2D eigenvalue weighted by atomic mass is 35.5. The third-order valence-corrected chi connectivity index (χ3v) is 5.52. The first-order valence-electron chi connectivity index (χ1n) is 7.59. The van der Waals surface area contributed by atoms with E-state index in [0.29, 0.717) is 22.0 Å². The zero-order valence-corrected chi connectivity index (χ0v) is 15.3. The molecule has 0 bridgehead atoms. The number of fused-ring (bicyclic) bond motifs is 1. The summed E-state index contributed by atoms with van der Waals surface area (Å²) in [5.74, 6) is 0. The number of thiophene rings is 1. The van der Waals surface area contributed by atoms with E-state index < -0.39 is 0 Å². The number of benzene rings is 2. The van der Waals surface area contributed by atoms with Gasteiger partial charge >= 0.3 is 0 Å². The number of hydrogen-bond donors (Lipinski definition) is 0. The first kappa shape index (κ1) is 16.3. The van der Waals surface area contributed by atoms with Gasteiger partial charge in [0.05, 0.1) is 18.3 Å². The lowest BCUT2D eigenvalue weighted by Gasteiger charge is -2.08. The topological polar surface area (TPSA) is 34.9 Å². The Bertz CT molecular complexity index is 1120. The molecule has 2 heterocycles. The summed E-state index contributed by atoms with van der Waals surface area (Å²) in [5.41, 5.74) is 2.64. The standard InChI is InChI=1S/C19H12Cl2N2OS/c20-14-7-5-12(6-8-14)15-10-25-18-17(15)19(24)23(11-22-18)9-13-3-1-2-4-16(13)21/h1-8,10-11H,9H2. The monoisotopic (exact) mass is 386 g/mol. The van der Waals surface area contributed by atoms with Gasteiger partial charge in [-0.05, 0) is 29.3 Å². The molecule has 0 N–H and O–H groups in total. The van der Waals surface area contributed by atoms with Gasteiger partial charge in [0.2, 0.25) is 0 Å². The van der Waals surface area contributed by atoms with E-state index in [9.17, 15) is 4.79 Å². The van der Waals surface area contributed by atoms with Crippen molar-refractivity contribution in [3.05, 3.63) is 86.2 Å². The summed E-state index contributed by atoms with van der Waals surface area (Å²) >= 11 is 13.6. The Labute approximate surface area is 158 Å². The molecule has 0 unspecified atom stereocenters. The molecule has 6 heteroatoms. The fraction of sp³-hybridized carbons (Fsp3) is 0.0526. The second-order valence-corrected chi connectivity index (χ2v) is 7.31. The molecule has 2 aromatic heterocycles. The summed E-state index contributed by atoms with van der Waals surface area (Å²) in [5, 5.41) is 3.89. The zero-order valence-electron chi connectivity index (χ0n) is 12.9. The molecule has 0 aliphatic carbocycles. The van der Waals surface area contributed by atoms with Gasteiger partial charge in [0.1, 0.15) is 4.83 Å². The molecule has 0 aliphatic heterocycles. The number of aromatic nitrogens is 2. The van der Waals surface area contributed by atoms with Crippen molar-refractivity contribution in [2.45, 2.75) is 6.54 Å². The highest BCUT2D eigenvalue weighted by Gasteiger charge is 2.14. The van der Waals surface area contributed by atoms with Crippen molar-refractivity contribution in [3.63, 3.8) is 0 Å². The molecular weight excluding hydrogens is 375 g/mol. The molecule has 4 aromatic rings. The van der Waals surface area contributed by atoms with Crippen molar-refractivity contribution >= 4 is 44.8 Å². The minimum Gasteiger partial charge on any atom is -0.294 e. The number of rotatable bonds is 3. The van der Waals surface area contributed by atoms with Crippen molar-refractivity contribution in [2.24, 2.45) is 0 Å². The summed E-state index contributed by atoms with van der Waals surface area (Å²) in [4.78, 5) is 18.2. The average molecular weight is 387 g/mol. The van der Waals surface area contributed by atoms with E-state index in [4.69, 9.17) is 23.2 Å². The Balaban J connectivity index is 1.85. The Hall–Kier alpha value is -2.14. The minimum absolute atomic E-state index is 0.0730. The van der Waals surface area contributed by atoms with Gasteiger partial charge in [-0.3, -0.25) is 9.36 Å². The lowest BCUT2D eigenvalue weighted by molar-refractivity contribution is 0.750. The maximum absolute atomic E-state index is 13.0. The van der Waals surface area contributed by atoms with Crippen LogP contribution in [0.15, 0.2) is 65.0 Å². The summed E-state index contributed by atoms with van der Waals surface area (Å²) in [7, 11) is 0. The Morgan fingerprint density at radius 2 is 1.80 bits per heavy atom. The van der Waals surface area contributed by atoms with E-state index in [0.717, 1.165) is 21.5 Å². The van der Waals surface area contributed by atoms with Gasteiger partial charge in [-0.15, -0.1) is 11.3 Å². The van der Waals surface area contributed by atoms with E-state index in [1.165, 1.54) is 11.3 Å². The maximum Gasteiger partial charge on any atom is 0.263 e. The molecule has 0 fully saturated rings. The fourth-order valence-electron chi connectivity index (χ4n) is 2.73. The quantitative estimate of drug-likeness (QED) is 0.467. The van der Waals surface area contributed by atoms with Crippen LogP contribution >= 0.6 is 34.5 Å².